The topological polar surface area (TPSA) is 43.4 Å². The molecule has 196 valence electrons. The standard InChI is InChI=1S/C31H54O3/c1-4-6-8-9-10-11-24-12-14-25(15-13-24)26-16-18-27(19-17-26)28-20-21-31(3,29(32)23-28)30(33)34-22-7-5-2/h24-28H,4-23H2,1-3H3/t24-,25-,26?,27?,28?,31-/m0/s1. The van der Waals surface area contributed by atoms with Crippen molar-refractivity contribution >= 4 is 11.8 Å². The third kappa shape index (κ3) is 7.57. The van der Waals surface area contributed by atoms with Crippen LogP contribution < -0.4 is 0 Å². The lowest BCUT2D eigenvalue weighted by molar-refractivity contribution is -0.162. The fourth-order valence-electron chi connectivity index (χ4n) is 7.34. The maximum absolute atomic E-state index is 13.0. The highest BCUT2D eigenvalue weighted by Crippen LogP contribution is 2.47. The van der Waals surface area contributed by atoms with E-state index in [0.29, 0.717) is 31.3 Å². The zero-order valence-corrected chi connectivity index (χ0v) is 22.8. The Labute approximate surface area is 210 Å². The first-order valence-electron chi connectivity index (χ1n) is 15.2. The molecule has 3 saturated carbocycles. The molecule has 3 aliphatic rings. The summed E-state index contributed by atoms with van der Waals surface area (Å²) in [5, 5.41) is 0. The first-order chi connectivity index (χ1) is 16.5. The number of carbonyl (C=O) groups is 2. The predicted molar refractivity (Wildman–Crippen MR) is 141 cm³/mol. The van der Waals surface area contributed by atoms with E-state index >= 15 is 0 Å². The quantitative estimate of drug-likeness (QED) is 0.161. The molecule has 0 aromatic heterocycles. The predicted octanol–water partition coefficient (Wildman–Crippen LogP) is 8.68. The molecule has 0 bridgehead atoms. The first kappa shape index (κ1) is 27.7. The molecule has 3 fully saturated rings. The van der Waals surface area contributed by atoms with Crippen LogP contribution in [0.4, 0.5) is 0 Å². The minimum atomic E-state index is -0.893. The molecule has 34 heavy (non-hydrogen) atoms. The van der Waals surface area contributed by atoms with Gasteiger partial charge in [0.05, 0.1) is 6.61 Å². The number of ether oxygens (including phenoxy) is 1. The van der Waals surface area contributed by atoms with Crippen LogP contribution in [0.5, 0.6) is 0 Å². The van der Waals surface area contributed by atoms with E-state index in [2.05, 4.69) is 13.8 Å². The number of hydrogen-bond donors (Lipinski definition) is 0. The Morgan fingerprint density at radius 3 is 1.91 bits per heavy atom. The van der Waals surface area contributed by atoms with Gasteiger partial charge in [0.25, 0.3) is 0 Å². The normalized spacial score (nSPS) is 34.7. The van der Waals surface area contributed by atoms with Crippen molar-refractivity contribution in [3.8, 4) is 0 Å². The largest absolute Gasteiger partial charge is 0.465 e. The molecule has 0 aromatic rings. The summed E-state index contributed by atoms with van der Waals surface area (Å²) < 4.78 is 5.44. The molecule has 0 amide bonds. The molecule has 1 unspecified atom stereocenters. The maximum Gasteiger partial charge on any atom is 0.319 e. The second-order valence-corrected chi connectivity index (χ2v) is 12.4. The molecule has 0 aromatic carbocycles. The van der Waals surface area contributed by atoms with E-state index in [9.17, 15) is 9.59 Å². The number of Topliss-reactive ketones (excluding diaryl/α,β-unsaturated/α-hetero) is 1. The van der Waals surface area contributed by atoms with Crippen molar-refractivity contribution in [3.05, 3.63) is 0 Å². The van der Waals surface area contributed by atoms with Gasteiger partial charge in [0.15, 0.2) is 0 Å². The Kier molecular flexibility index (Phi) is 11.4. The summed E-state index contributed by atoms with van der Waals surface area (Å²) in [6.45, 7) is 6.67. The van der Waals surface area contributed by atoms with Gasteiger partial charge in [-0.15, -0.1) is 0 Å². The van der Waals surface area contributed by atoms with Crippen molar-refractivity contribution in [1.29, 1.82) is 0 Å². The molecule has 2 atom stereocenters. The Morgan fingerprint density at radius 2 is 1.32 bits per heavy atom. The van der Waals surface area contributed by atoms with Crippen molar-refractivity contribution in [3.63, 3.8) is 0 Å². The molecule has 0 heterocycles. The highest BCUT2D eigenvalue weighted by atomic mass is 16.5. The van der Waals surface area contributed by atoms with Gasteiger partial charge in [-0.2, -0.15) is 0 Å². The Hall–Kier alpha value is -0.860. The lowest BCUT2D eigenvalue weighted by Crippen LogP contribution is -2.44. The van der Waals surface area contributed by atoms with Crippen LogP contribution in [0.15, 0.2) is 0 Å². The molecule has 0 radical (unpaired) electrons. The van der Waals surface area contributed by atoms with E-state index in [-0.39, 0.29) is 11.8 Å². The molecule has 0 spiro atoms. The Bertz CT molecular complexity index is 612. The van der Waals surface area contributed by atoms with Gasteiger partial charge in [-0.05, 0) is 94.3 Å². The minimum Gasteiger partial charge on any atom is -0.465 e. The van der Waals surface area contributed by atoms with Crippen LogP contribution in [-0.2, 0) is 14.3 Å². The summed E-state index contributed by atoms with van der Waals surface area (Å²) in [7, 11) is 0. The van der Waals surface area contributed by atoms with Gasteiger partial charge in [-0.25, -0.2) is 0 Å². The van der Waals surface area contributed by atoms with Crippen LogP contribution in [0, 0.1) is 35.0 Å². The molecule has 3 nitrogen and oxygen atoms in total. The van der Waals surface area contributed by atoms with E-state index in [0.717, 1.165) is 37.0 Å². The van der Waals surface area contributed by atoms with Crippen LogP contribution in [0.2, 0.25) is 0 Å². The minimum absolute atomic E-state index is 0.139. The van der Waals surface area contributed by atoms with E-state index in [1.165, 1.54) is 89.9 Å². The Morgan fingerprint density at radius 1 is 0.765 bits per heavy atom. The smallest absolute Gasteiger partial charge is 0.319 e. The summed E-state index contributed by atoms with van der Waals surface area (Å²) in [6, 6.07) is 0. The lowest BCUT2D eigenvalue weighted by Gasteiger charge is -2.42. The monoisotopic (exact) mass is 474 g/mol. The molecule has 3 heteroatoms. The summed E-state index contributed by atoms with van der Waals surface area (Å²) >= 11 is 0. The maximum atomic E-state index is 13.0. The second-order valence-electron chi connectivity index (χ2n) is 12.4. The average molecular weight is 475 g/mol. The summed E-state index contributed by atoms with van der Waals surface area (Å²) in [6.07, 6.45) is 24.0. The van der Waals surface area contributed by atoms with Gasteiger partial charge in [0.1, 0.15) is 11.2 Å². The molecule has 3 aliphatic carbocycles. The number of hydrogen-bond acceptors (Lipinski definition) is 3. The number of carbonyl (C=O) groups excluding carboxylic acids is 2. The molecule has 0 saturated heterocycles. The van der Waals surface area contributed by atoms with Crippen molar-refractivity contribution in [1.82, 2.24) is 0 Å². The van der Waals surface area contributed by atoms with Crippen LogP contribution >= 0.6 is 0 Å². The summed E-state index contributed by atoms with van der Waals surface area (Å²) in [5.74, 6) is 3.95. The second kappa shape index (κ2) is 14.0. The van der Waals surface area contributed by atoms with Gasteiger partial charge in [0.2, 0.25) is 0 Å². The van der Waals surface area contributed by atoms with Crippen molar-refractivity contribution in [2.75, 3.05) is 6.61 Å². The van der Waals surface area contributed by atoms with E-state index in [1.54, 1.807) is 0 Å². The molecule has 0 aliphatic heterocycles. The van der Waals surface area contributed by atoms with Gasteiger partial charge < -0.3 is 4.74 Å². The van der Waals surface area contributed by atoms with Gasteiger partial charge in [-0.1, -0.05) is 71.6 Å². The van der Waals surface area contributed by atoms with Crippen LogP contribution in [-0.4, -0.2) is 18.4 Å². The molecular formula is C31H54O3. The first-order valence-corrected chi connectivity index (χ1v) is 15.2. The number of rotatable bonds is 12. The average Bonchev–Trinajstić information content (AvgIpc) is 2.86. The van der Waals surface area contributed by atoms with Gasteiger partial charge in [-0.3, -0.25) is 9.59 Å². The van der Waals surface area contributed by atoms with Crippen LogP contribution in [0.1, 0.15) is 143 Å². The fraction of sp³-hybridized carbons (Fsp3) is 0.935. The van der Waals surface area contributed by atoms with Crippen LogP contribution in [0.25, 0.3) is 0 Å². The van der Waals surface area contributed by atoms with E-state index in [1.807, 2.05) is 6.92 Å². The Balaban J connectivity index is 1.35. The molecule has 3 rings (SSSR count). The number of ketones is 1. The summed E-state index contributed by atoms with van der Waals surface area (Å²) in [4.78, 5) is 25.6. The fourth-order valence-corrected chi connectivity index (χ4v) is 7.34. The van der Waals surface area contributed by atoms with E-state index in [4.69, 9.17) is 4.74 Å². The SMILES string of the molecule is CCCCCCC[C@H]1CC[C@H](C2CCC(C3CC[C@](C)(C(=O)OCCCC)C(=O)C3)CC2)CC1. The van der Waals surface area contributed by atoms with Crippen molar-refractivity contribution < 1.29 is 14.3 Å². The van der Waals surface area contributed by atoms with Gasteiger partial charge in [0, 0.05) is 6.42 Å². The molecule has 0 N–H and O–H groups in total. The third-order valence-corrected chi connectivity index (χ3v) is 10.0. The zero-order chi connectivity index (χ0) is 24.4. The third-order valence-electron chi connectivity index (χ3n) is 10.0. The molecular weight excluding hydrogens is 420 g/mol. The van der Waals surface area contributed by atoms with Gasteiger partial charge >= 0.3 is 5.97 Å². The zero-order valence-electron chi connectivity index (χ0n) is 22.8. The van der Waals surface area contributed by atoms with Crippen molar-refractivity contribution in [2.45, 2.75) is 143 Å². The summed E-state index contributed by atoms with van der Waals surface area (Å²) in [5.41, 5.74) is -0.893. The van der Waals surface area contributed by atoms with E-state index < -0.39 is 5.41 Å². The number of unbranched alkanes of at least 4 members (excludes halogenated alkanes) is 5. The number of esters is 1. The highest BCUT2D eigenvalue weighted by molar-refractivity contribution is 6.04. The van der Waals surface area contributed by atoms with Crippen molar-refractivity contribution in [2.24, 2.45) is 35.0 Å². The van der Waals surface area contributed by atoms with Crippen LogP contribution in [0.3, 0.4) is 0 Å². The lowest BCUT2D eigenvalue weighted by atomic mass is 9.62. The highest BCUT2D eigenvalue weighted by Gasteiger charge is 2.47.